The zero-order valence-corrected chi connectivity index (χ0v) is 19.9. The van der Waals surface area contributed by atoms with Crippen LogP contribution in [0.5, 0.6) is 0 Å². The van der Waals surface area contributed by atoms with E-state index in [1.54, 1.807) is 4.68 Å². The first-order valence-electron chi connectivity index (χ1n) is 11.5. The molecule has 3 aliphatic rings. The van der Waals surface area contributed by atoms with Crippen LogP contribution in [0, 0.1) is 5.92 Å². The van der Waals surface area contributed by atoms with E-state index in [2.05, 4.69) is 28.2 Å². The molecule has 2 aromatic rings. The lowest BCUT2D eigenvalue weighted by Crippen LogP contribution is -2.45. The molecule has 5 rings (SSSR count). The summed E-state index contributed by atoms with van der Waals surface area (Å²) in [7, 11) is -2.99. The molecule has 0 unspecified atom stereocenters. The number of sulfone groups is 1. The third-order valence-electron chi connectivity index (χ3n) is 6.86. The Bertz CT molecular complexity index is 1020. The van der Waals surface area contributed by atoms with Crippen molar-refractivity contribution in [2.45, 2.75) is 64.1 Å². The van der Waals surface area contributed by atoms with Gasteiger partial charge in [0.05, 0.1) is 36.0 Å². The van der Waals surface area contributed by atoms with Crippen molar-refractivity contribution in [2.75, 3.05) is 31.2 Å². The Morgan fingerprint density at radius 2 is 2.10 bits per heavy atom. The summed E-state index contributed by atoms with van der Waals surface area (Å²) in [5.41, 5.74) is 2.24. The zero-order valence-electron chi connectivity index (χ0n) is 18.3. The summed E-state index contributed by atoms with van der Waals surface area (Å²) < 4.78 is 32.4. The van der Waals surface area contributed by atoms with E-state index < -0.39 is 9.84 Å². The molecule has 4 heterocycles. The number of rotatable bonds is 8. The van der Waals surface area contributed by atoms with Crippen molar-refractivity contribution in [1.82, 2.24) is 19.9 Å². The number of fused-ring (bicyclic) bond motifs is 2. The first-order valence-corrected chi connectivity index (χ1v) is 14.2. The van der Waals surface area contributed by atoms with Gasteiger partial charge in [-0.15, -0.1) is 16.4 Å². The Labute approximate surface area is 188 Å². The number of hydrogen-bond donors (Lipinski definition) is 0. The van der Waals surface area contributed by atoms with Crippen molar-refractivity contribution in [3.8, 4) is 0 Å². The Balaban J connectivity index is 1.15. The molecule has 0 radical (unpaired) electrons. The normalized spacial score (nSPS) is 21.5. The number of hydrogen-bond acceptors (Lipinski definition) is 7. The first kappa shape index (κ1) is 21.6. The van der Waals surface area contributed by atoms with Crippen LogP contribution in [0.2, 0.25) is 0 Å². The highest BCUT2D eigenvalue weighted by atomic mass is 32.2. The molecular formula is C22H32N4O3S2. The van der Waals surface area contributed by atoms with Crippen molar-refractivity contribution in [3.05, 3.63) is 33.3 Å². The predicted molar refractivity (Wildman–Crippen MR) is 121 cm³/mol. The molecule has 170 valence electrons. The van der Waals surface area contributed by atoms with Crippen LogP contribution in [0.3, 0.4) is 0 Å². The lowest BCUT2D eigenvalue weighted by Gasteiger charge is -2.44. The third-order valence-corrected chi connectivity index (χ3v) is 9.98. The van der Waals surface area contributed by atoms with Gasteiger partial charge in [0, 0.05) is 42.0 Å². The minimum atomic E-state index is -2.99. The highest BCUT2D eigenvalue weighted by Gasteiger charge is 2.41. The van der Waals surface area contributed by atoms with Gasteiger partial charge >= 0.3 is 0 Å². The Morgan fingerprint density at radius 1 is 1.29 bits per heavy atom. The molecular weight excluding hydrogens is 432 g/mol. The summed E-state index contributed by atoms with van der Waals surface area (Å²) in [5.74, 6) is 0.877. The molecule has 7 nitrogen and oxygen atoms in total. The first-order chi connectivity index (χ1) is 14.9. The van der Waals surface area contributed by atoms with Gasteiger partial charge in [-0.25, -0.2) is 8.42 Å². The fourth-order valence-corrected chi connectivity index (χ4v) is 7.70. The fraction of sp³-hybridized carbons (Fsp3) is 0.727. The maximum absolute atomic E-state index is 12.2. The molecule has 31 heavy (non-hydrogen) atoms. The van der Waals surface area contributed by atoms with Crippen LogP contribution in [0.4, 0.5) is 0 Å². The standard InChI is InChI=1S/C22H32N4O3S2/c1-2-19-13-20-21(30-19)5-11-29-22(20)6-8-25(9-7-22)14-18-15-26(24-23-18)10-12-31(27,28)16-17-3-4-17/h13,15,17H,2-12,14,16H2,1H3. The van der Waals surface area contributed by atoms with E-state index in [-0.39, 0.29) is 11.4 Å². The Hall–Kier alpha value is -1.29. The van der Waals surface area contributed by atoms with E-state index in [9.17, 15) is 8.42 Å². The van der Waals surface area contributed by atoms with Crippen LogP contribution >= 0.6 is 11.3 Å². The third kappa shape index (κ3) is 4.89. The Morgan fingerprint density at radius 3 is 2.84 bits per heavy atom. The van der Waals surface area contributed by atoms with Crippen LogP contribution < -0.4 is 0 Å². The molecule has 2 fully saturated rings. The monoisotopic (exact) mass is 464 g/mol. The smallest absolute Gasteiger partial charge is 0.152 e. The minimum Gasteiger partial charge on any atom is -0.370 e. The van der Waals surface area contributed by atoms with E-state index in [1.165, 1.54) is 15.3 Å². The summed E-state index contributed by atoms with van der Waals surface area (Å²) in [5, 5.41) is 8.44. The van der Waals surface area contributed by atoms with Gasteiger partial charge in [-0.2, -0.15) is 0 Å². The van der Waals surface area contributed by atoms with Crippen molar-refractivity contribution in [2.24, 2.45) is 5.92 Å². The molecule has 2 aliphatic heterocycles. The summed E-state index contributed by atoms with van der Waals surface area (Å²) in [6.45, 7) is 6.14. The van der Waals surface area contributed by atoms with Gasteiger partial charge in [0.1, 0.15) is 0 Å². The second kappa shape index (κ2) is 8.57. The van der Waals surface area contributed by atoms with Crippen LogP contribution in [0.1, 0.15) is 53.6 Å². The lowest BCUT2D eigenvalue weighted by molar-refractivity contribution is -0.0982. The molecule has 2 aromatic heterocycles. The molecule has 0 bridgehead atoms. The SMILES string of the molecule is CCc1cc2c(s1)CCOC21CCN(Cc2cn(CCS(=O)(=O)CC3CC3)nn2)CC1. The zero-order chi connectivity index (χ0) is 21.5. The number of aromatic nitrogens is 3. The van der Waals surface area contributed by atoms with Crippen molar-refractivity contribution < 1.29 is 13.2 Å². The van der Waals surface area contributed by atoms with E-state index in [0.717, 1.165) is 70.5 Å². The molecule has 1 spiro atoms. The number of piperidine rings is 1. The summed E-state index contributed by atoms with van der Waals surface area (Å²) >= 11 is 1.96. The van der Waals surface area contributed by atoms with E-state index >= 15 is 0 Å². The largest absolute Gasteiger partial charge is 0.370 e. The van der Waals surface area contributed by atoms with Gasteiger partial charge in [0.25, 0.3) is 0 Å². The van der Waals surface area contributed by atoms with Crippen LogP contribution in [0.15, 0.2) is 12.3 Å². The van der Waals surface area contributed by atoms with E-state index in [1.807, 2.05) is 17.5 Å². The van der Waals surface area contributed by atoms with Crippen LogP contribution in [0.25, 0.3) is 0 Å². The molecule has 0 aromatic carbocycles. The quantitative estimate of drug-likeness (QED) is 0.598. The number of ether oxygens (including phenoxy) is 1. The number of aryl methyl sites for hydroxylation is 2. The highest BCUT2D eigenvalue weighted by Crippen LogP contribution is 2.44. The number of nitrogens with zero attached hydrogens (tertiary/aromatic N) is 4. The predicted octanol–water partition coefficient (Wildman–Crippen LogP) is 2.79. The van der Waals surface area contributed by atoms with Gasteiger partial charge in [0.2, 0.25) is 0 Å². The van der Waals surface area contributed by atoms with Gasteiger partial charge in [-0.1, -0.05) is 12.1 Å². The highest BCUT2D eigenvalue weighted by molar-refractivity contribution is 7.91. The maximum atomic E-state index is 12.2. The van der Waals surface area contributed by atoms with Crippen molar-refractivity contribution in [3.63, 3.8) is 0 Å². The molecule has 0 amide bonds. The van der Waals surface area contributed by atoms with Gasteiger partial charge < -0.3 is 4.74 Å². The van der Waals surface area contributed by atoms with Crippen molar-refractivity contribution in [1.29, 1.82) is 0 Å². The topological polar surface area (TPSA) is 77.3 Å². The molecule has 0 atom stereocenters. The molecule has 1 saturated heterocycles. The number of likely N-dealkylation sites (tertiary alicyclic amines) is 1. The molecule has 1 saturated carbocycles. The molecule has 1 aliphatic carbocycles. The summed E-state index contributed by atoms with van der Waals surface area (Å²) in [6.07, 6.45) is 8.17. The lowest BCUT2D eigenvalue weighted by atomic mass is 9.82. The second-order valence-corrected chi connectivity index (χ2v) is 12.8. The van der Waals surface area contributed by atoms with Crippen LogP contribution in [-0.2, 0) is 46.1 Å². The Kier molecular flexibility index (Phi) is 5.96. The summed E-state index contributed by atoms with van der Waals surface area (Å²) in [6, 6.07) is 2.39. The minimum absolute atomic E-state index is 0.110. The van der Waals surface area contributed by atoms with Crippen molar-refractivity contribution >= 4 is 21.2 Å². The van der Waals surface area contributed by atoms with E-state index in [4.69, 9.17) is 4.74 Å². The fourth-order valence-electron chi connectivity index (χ4n) is 4.84. The van der Waals surface area contributed by atoms with Gasteiger partial charge in [-0.05, 0) is 49.7 Å². The molecule has 0 N–H and O–H groups in total. The molecule has 9 heteroatoms. The summed E-state index contributed by atoms with van der Waals surface area (Å²) in [4.78, 5) is 5.40. The van der Waals surface area contributed by atoms with Crippen LogP contribution in [-0.4, -0.2) is 59.5 Å². The van der Waals surface area contributed by atoms with E-state index in [0.29, 0.717) is 18.2 Å². The second-order valence-electron chi connectivity index (χ2n) is 9.30. The van der Waals surface area contributed by atoms with Gasteiger partial charge in [0.15, 0.2) is 9.84 Å². The average Bonchev–Trinajstić information content (AvgIpc) is 3.26. The maximum Gasteiger partial charge on any atom is 0.152 e. The average molecular weight is 465 g/mol. The van der Waals surface area contributed by atoms with Gasteiger partial charge in [-0.3, -0.25) is 9.58 Å². The number of thiophene rings is 1.